The average Bonchev–Trinajstić information content (AvgIpc) is 2.79. The summed E-state index contributed by atoms with van der Waals surface area (Å²) in [6.45, 7) is 13.7. The summed E-state index contributed by atoms with van der Waals surface area (Å²) in [5.74, 6) is 1.40. The molecule has 0 radical (unpaired) electrons. The number of ether oxygens (including phenoxy) is 1. The lowest BCUT2D eigenvalue weighted by Crippen LogP contribution is -2.59. The van der Waals surface area contributed by atoms with E-state index < -0.39 is 0 Å². The molecule has 178 valence electrons. The molecular formula is C30H41NO2. The van der Waals surface area contributed by atoms with Gasteiger partial charge in [-0.15, -0.1) is 6.58 Å². The zero-order valence-corrected chi connectivity index (χ0v) is 21.1. The van der Waals surface area contributed by atoms with Gasteiger partial charge in [0.05, 0.1) is 13.7 Å². The molecule has 1 aliphatic rings. The highest BCUT2D eigenvalue weighted by molar-refractivity contribution is 5.64. The van der Waals surface area contributed by atoms with Crippen molar-refractivity contribution in [2.24, 2.45) is 0 Å². The van der Waals surface area contributed by atoms with E-state index in [9.17, 15) is 0 Å². The molecule has 3 rings (SSSR count). The summed E-state index contributed by atoms with van der Waals surface area (Å²) in [6.07, 6.45) is 11.6. The van der Waals surface area contributed by atoms with Crippen LogP contribution in [0.4, 0.5) is 0 Å². The lowest BCUT2D eigenvalue weighted by Gasteiger charge is -2.54. The van der Waals surface area contributed by atoms with E-state index in [0.29, 0.717) is 5.92 Å². The third-order valence-corrected chi connectivity index (χ3v) is 6.61. The van der Waals surface area contributed by atoms with Crippen LogP contribution in [0, 0.1) is 0 Å². The van der Waals surface area contributed by atoms with Crippen molar-refractivity contribution in [3.8, 4) is 16.9 Å². The van der Waals surface area contributed by atoms with Gasteiger partial charge in [-0.3, -0.25) is 4.84 Å². The number of methoxy groups -OCH3 is 1. The van der Waals surface area contributed by atoms with E-state index >= 15 is 0 Å². The van der Waals surface area contributed by atoms with Gasteiger partial charge in [-0.05, 0) is 94.5 Å². The van der Waals surface area contributed by atoms with Crippen molar-refractivity contribution < 1.29 is 9.57 Å². The largest absolute Gasteiger partial charge is 0.497 e. The number of piperidine rings is 1. The molecular weight excluding hydrogens is 406 g/mol. The van der Waals surface area contributed by atoms with Crippen molar-refractivity contribution >= 4 is 0 Å². The number of unbranched alkanes of at least 4 members (excludes halogenated alkanes) is 1. The Kier molecular flexibility index (Phi) is 8.56. The first-order chi connectivity index (χ1) is 15.8. The molecule has 0 spiro atoms. The molecule has 0 aromatic heterocycles. The molecule has 0 bridgehead atoms. The molecule has 1 saturated heterocycles. The summed E-state index contributed by atoms with van der Waals surface area (Å²) in [6, 6.07) is 17.4. The highest BCUT2D eigenvalue weighted by Gasteiger charge is 2.46. The first-order valence-corrected chi connectivity index (χ1v) is 12.2. The van der Waals surface area contributed by atoms with Gasteiger partial charge in [-0.2, -0.15) is 5.06 Å². The summed E-state index contributed by atoms with van der Waals surface area (Å²) < 4.78 is 5.28. The van der Waals surface area contributed by atoms with Gasteiger partial charge in [0.1, 0.15) is 5.75 Å². The molecule has 3 heteroatoms. The van der Waals surface area contributed by atoms with Crippen molar-refractivity contribution in [1.29, 1.82) is 0 Å². The number of rotatable bonds is 10. The second-order valence-electron chi connectivity index (χ2n) is 10.3. The summed E-state index contributed by atoms with van der Waals surface area (Å²) in [4.78, 5) is 6.35. The Morgan fingerprint density at radius 2 is 1.39 bits per heavy atom. The molecule has 0 N–H and O–H groups in total. The van der Waals surface area contributed by atoms with Gasteiger partial charge >= 0.3 is 0 Å². The second-order valence-corrected chi connectivity index (χ2v) is 10.3. The van der Waals surface area contributed by atoms with Gasteiger partial charge in [-0.1, -0.05) is 54.6 Å². The zero-order chi connectivity index (χ0) is 23.9. The Morgan fingerprint density at radius 3 is 1.94 bits per heavy atom. The van der Waals surface area contributed by atoms with Crippen LogP contribution in [0.3, 0.4) is 0 Å². The van der Waals surface area contributed by atoms with Gasteiger partial charge in [0.15, 0.2) is 0 Å². The zero-order valence-electron chi connectivity index (χ0n) is 21.1. The van der Waals surface area contributed by atoms with Crippen molar-refractivity contribution in [3.63, 3.8) is 0 Å². The van der Waals surface area contributed by atoms with Crippen LogP contribution >= 0.6 is 0 Å². The standard InChI is InChI=1S/C30H41NO2/c1-7-8-9-10-11-12-21-33-31-29(2,3)22-27(23-30(31,4)5)26-15-13-24(14-16-26)25-17-19-28(32-6)20-18-25/h7,10-11,13-20,27H,1,8-9,12,21-23H2,2-6H3/b11-10-. The lowest BCUT2D eigenvalue weighted by atomic mass is 9.72. The van der Waals surface area contributed by atoms with E-state index in [1.807, 2.05) is 18.2 Å². The normalized spacial score (nSPS) is 18.5. The summed E-state index contributed by atoms with van der Waals surface area (Å²) >= 11 is 0. The molecule has 1 aliphatic heterocycles. The molecule has 0 aliphatic carbocycles. The molecule has 0 saturated carbocycles. The predicted molar refractivity (Wildman–Crippen MR) is 140 cm³/mol. The molecule has 2 aromatic carbocycles. The van der Waals surface area contributed by atoms with Crippen molar-refractivity contribution in [1.82, 2.24) is 5.06 Å². The van der Waals surface area contributed by atoms with Crippen molar-refractivity contribution in [3.05, 3.63) is 78.9 Å². The Balaban J connectivity index is 1.64. The average molecular weight is 448 g/mol. The second kappa shape index (κ2) is 11.2. The summed E-state index contributed by atoms with van der Waals surface area (Å²) in [7, 11) is 1.70. The number of benzene rings is 2. The van der Waals surface area contributed by atoms with E-state index in [0.717, 1.165) is 44.5 Å². The topological polar surface area (TPSA) is 21.7 Å². The molecule has 33 heavy (non-hydrogen) atoms. The molecule has 0 amide bonds. The quantitative estimate of drug-likeness (QED) is 0.272. The third-order valence-electron chi connectivity index (χ3n) is 6.61. The molecule has 0 unspecified atom stereocenters. The third kappa shape index (κ3) is 6.59. The monoisotopic (exact) mass is 447 g/mol. The first kappa shape index (κ1) is 25.3. The Morgan fingerprint density at radius 1 is 0.848 bits per heavy atom. The van der Waals surface area contributed by atoms with Gasteiger partial charge in [0, 0.05) is 11.1 Å². The van der Waals surface area contributed by atoms with Crippen LogP contribution < -0.4 is 4.74 Å². The van der Waals surface area contributed by atoms with Crippen LogP contribution in [0.2, 0.25) is 0 Å². The fourth-order valence-electron chi connectivity index (χ4n) is 5.24. The SMILES string of the molecule is C=CCC/C=C\CCON1C(C)(C)CC(c2ccc(-c3ccc(OC)cc3)cc2)CC1(C)C. The fourth-order valence-corrected chi connectivity index (χ4v) is 5.24. The molecule has 1 heterocycles. The van der Waals surface area contributed by atoms with Crippen molar-refractivity contribution in [2.75, 3.05) is 13.7 Å². The van der Waals surface area contributed by atoms with E-state index in [1.54, 1.807) is 7.11 Å². The van der Waals surface area contributed by atoms with E-state index in [1.165, 1.54) is 16.7 Å². The van der Waals surface area contributed by atoms with Crippen LogP contribution in [0.15, 0.2) is 73.3 Å². The van der Waals surface area contributed by atoms with Gasteiger partial charge in [0.25, 0.3) is 0 Å². The molecule has 1 fully saturated rings. The minimum atomic E-state index is -0.0341. The lowest BCUT2D eigenvalue weighted by molar-refractivity contribution is -0.282. The maximum absolute atomic E-state index is 6.35. The number of hydrogen-bond donors (Lipinski definition) is 0. The van der Waals surface area contributed by atoms with Crippen LogP contribution in [0.5, 0.6) is 5.75 Å². The highest BCUT2D eigenvalue weighted by Crippen LogP contribution is 2.46. The van der Waals surface area contributed by atoms with Crippen molar-refractivity contribution in [2.45, 2.75) is 76.8 Å². The summed E-state index contributed by atoms with van der Waals surface area (Å²) in [5, 5.41) is 2.26. The first-order valence-electron chi connectivity index (χ1n) is 12.2. The molecule has 0 atom stereocenters. The van der Waals surface area contributed by atoms with Gasteiger partial charge < -0.3 is 4.74 Å². The maximum Gasteiger partial charge on any atom is 0.118 e. The van der Waals surface area contributed by atoms with E-state index in [2.05, 4.69) is 87.9 Å². The van der Waals surface area contributed by atoms with Gasteiger partial charge in [-0.25, -0.2) is 0 Å². The number of hydrogen-bond acceptors (Lipinski definition) is 3. The summed E-state index contributed by atoms with van der Waals surface area (Å²) in [5.41, 5.74) is 3.80. The smallest absolute Gasteiger partial charge is 0.118 e. The molecule has 2 aromatic rings. The minimum absolute atomic E-state index is 0.0341. The fraction of sp³-hybridized carbons (Fsp3) is 0.467. The Hall–Kier alpha value is -2.36. The molecule has 3 nitrogen and oxygen atoms in total. The van der Waals surface area contributed by atoms with Crippen LogP contribution in [0.25, 0.3) is 11.1 Å². The number of hydroxylamine groups is 2. The Bertz CT molecular complexity index is 891. The van der Waals surface area contributed by atoms with Gasteiger partial charge in [0.2, 0.25) is 0 Å². The van der Waals surface area contributed by atoms with E-state index in [4.69, 9.17) is 9.57 Å². The highest BCUT2D eigenvalue weighted by atomic mass is 16.7. The minimum Gasteiger partial charge on any atom is -0.497 e. The van der Waals surface area contributed by atoms with Crippen LogP contribution in [-0.2, 0) is 4.84 Å². The maximum atomic E-state index is 6.35. The Labute approximate surface area is 201 Å². The number of allylic oxidation sites excluding steroid dienone is 2. The van der Waals surface area contributed by atoms with Crippen LogP contribution in [-0.4, -0.2) is 29.9 Å². The van der Waals surface area contributed by atoms with Crippen LogP contribution in [0.1, 0.15) is 71.3 Å². The predicted octanol–water partition coefficient (Wildman–Crippen LogP) is 7.94. The van der Waals surface area contributed by atoms with E-state index in [-0.39, 0.29) is 11.1 Å². The number of nitrogens with zero attached hydrogens (tertiary/aromatic N) is 1.